The molecular weight excluding hydrogens is 925 g/mol. The lowest BCUT2D eigenvalue weighted by Gasteiger charge is -2.35. The molecule has 69 heavy (non-hydrogen) atoms. The number of nitrogens with one attached hydrogen (secondary N) is 4. The summed E-state index contributed by atoms with van der Waals surface area (Å²) in [7, 11) is 3.79. The van der Waals surface area contributed by atoms with E-state index in [-0.39, 0.29) is 61.9 Å². The zero-order valence-electron chi connectivity index (χ0n) is 39.8. The minimum atomic E-state index is -0.917. The number of carbonyl (C=O) groups excluding carboxylic acids is 4. The summed E-state index contributed by atoms with van der Waals surface area (Å²) >= 11 is 7.57. The van der Waals surface area contributed by atoms with Crippen molar-refractivity contribution in [1.29, 1.82) is 0 Å². The first-order valence-electron chi connectivity index (χ1n) is 22.9. The van der Waals surface area contributed by atoms with Gasteiger partial charge in [0.2, 0.25) is 23.6 Å². The summed E-state index contributed by atoms with van der Waals surface area (Å²) in [5.74, 6) is -1.19. The van der Waals surface area contributed by atoms with Gasteiger partial charge in [0.15, 0.2) is 0 Å². The van der Waals surface area contributed by atoms with Gasteiger partial charge in [0.25, 0.3) is 0 Å². The van der Waals surface area contributed by atoms with Crippen molar-refractivity contribution in [3.05, 3.63) is 101 Å². The normalized spacial score (nSPS) is 15.4. The summed E-state index contributed by atoms with van der Waals surface area (Å²) in [5, 5.41) is 23.0. The number of nitrogens with zero attached hydrogens (tertiary/aromatic N) is 5. The first kappa shape index (κ1) is 52.3. The second-order valence-electron chi connectivity index (χ2n) is 18.2. The number of rotatable bonds is 22. The first-order valence-corrected chi connectivity index (χ1v) is 24.1. The molecule has 0 saturated carbocycles. The Hall–Kier alpha value is -6.05. The van der Waals surface area contributed by atoms with Crippen LogP contribution in [0.5, 0.6) is 5.75 Å². The number of unbranched alkanes of at least 4 members (excludes halogenated alkanes) is 2. The van der Waals surface area contributed by atoms with Crippen LogP contribution in [0.15, 0.2) is 78.6 Å². The third-order valence-corrected chi connectivity index (χ3v) is 12.6. The van der Waals surface area contributed by atoms with Crippen LogP contribution >= 0.6 is 22.9 Å². The van der Waals surface area contributed by atoms with Crippen molar-refractivity contribution in [3.8, 4) is 16.2 Å². The fraction of sp³-hybridized carbons (Fsp3) is 0.420. The van der Waals surface area contributed by atoms with E-state index >= 15 is 0 Å². The van der Waals surface area contributed by atoms with Gasteiger partial charge in [-0.15, -0.1) is 11.3 Å². The molecule has 3 atom stereocenters. The number of likely N-dealkylation sites (N-methyl/N-ethyl adjacent to an activating group) is 1. The molecule has 1 fully saturated rings. The van der Waals surface area contributed by atoms with Gasteiger partial charge in [-0.2, -0.15) is 0 Å². The zero-order chi connectivity index (χ0) is 49.7. The maximum atomic E-state index is 14.1. The van der Waals surface area contributed by atoms with Gasteiger partial charge in [-0.05, 0) is 74.7 Å². The molecule has 0 spiro atoms. The highest BCUT2D eigenvalue weighted by Crippen LogP contribution is 2.34. The number of carbonyl (C=O) groups is 4. The second kappa shape index (κ2) is 24.5. The fourth-order valence-electron chi connectivity index (χ4n) is 7.65. The highest BCUT2D eigenvalue weighted by molar-refractivity contribution is 7.13. The number of thiazole rings is 1. The smallest absolute Gasteiger partial charge is 0.248 e. The standard InChI is InChI=1S/C50H61ClFN9O7S/c1-31-45(69-30-56-31)33-15-13-32(14-16-33)27-53-48(65)41-24-35(62)28-61(41)49(66)46(50(2,3)4)59-44(64)11-8-7-9-20-67-21-22-68-42-26-39-36(25-40(42)58-43(63)12-10-19-60(5)6)47(55-29-54-39)57-34-17-18-38(52)37(51)23-34/h10,12-18,23,25-26,29-30,35,41,46,62H,7-9,11,19-22,24,27-28H2,1-6H3,(H,53,65)(H,58,63)(H,59,64)(H,54,55,57)/b12-10+/t35-,41+,46-/m1/s1. The predicted octanol–water partition coefficient (Wildman–Crippen LogP) is 7.42. The first-order chi connectivity index (χ1) is 33.0. The Morgan fingerprint density at radius 1 is 1.01 bits per heavy atom. The molecule has 0 bridgehead atoms. The van der Waals surface area contributed by atoms with E-state index < -0.39 is 35.3 Å². The lowest BCUT2D eigenvalue weighted by molar-refractivity contribution is -0.144. The number of aliphatic hydroxyl groups is 1. The highest BCUT2D eigenvalue weighted by Gasteiger charge is 2.44. The molecular formula is C50H61ClFN9O7S. The molecule has 3 aromatic carbocycles. The number of hydrogen-bond acceptors (Lipinski definition) is 13. The number of amides is 4. The number of aryl methyl sites for hydroxylation is 1. The van der Waals surface area contributed by atoms with Gasteiger partial charge in [0.1, 0.15) is 42.4 Å². The molecule has 19 heteroatoms. The van der Waals surface area contributed by atoms with Crippen molar-refractivity contribution >= 4 is 74.7 Å². The minimum Gasteiger partial charge on any atom is -0.489 e. The maximum Gasteiger partial charge on any atom is 0.248 e. The quantitative estimate of drug-likeness (QED) is 0.0340. The van der Waals surface area contributed by atoms with E-state index in [1.54, 1.807) is 29.5 Å². The highest BCUT2D eigenvalue weighted by atomic mass is 35.5. The van der Waals surface area contributed by atoms with Crippen molar-refractivity contribution in [3.63, 3.8) is 0 Å². The number of anilines is 3. The molecule has 5 aromatic rings. The number of aromatic nitrogens is 3. The number of benzene rings is 3. The molecule has 368 valence electrons. The lowest BCUT2D eigenvalue weighted by atomic mass is 9.85. The van der Waals surface area contributed by atoms with Crippen molar-refractivity contribution in [2.24, 2.45) is 5.41 Å². The van der Waals surface area contributed by atoms with E-state index in [0.29, 0.717) is 66.3 Å². The van der Waals surface area contributed by atoms with Crippen molar-refractivity contribution < 1.29 is 38.1 Å². The van der Waals surface area contributed by atoms with Crippen molar-refractivity contribution in [2.45, 2.75) is 84.5 Å². The molecule has 0 radical (unpaired) electrons. The Morgan fingerprint density at radius 2 is 1.80 bits per heavy atom. The zero-order valence-corrected chi connectivity index (χ0v) is 41.4. The molecule has 3 heterocycles. The molecule has 6 rings (SSSR count). The number of ether oxygens (including phenoxy) is 2. The van der Waals surface area contributed by atoms with Crippen LogP contribution in [0.1, 0.15) is 64.1 Å². The van der Waals surface area contributed by atoms with Crippen LogP contribution in [0.25, 0.3) is 21.3 Å². The second-order valence-corrected chi connectivity index (χ2v) is 19.5. The van der Waals surface area contributed by atoms with Crippen LogP contribution in [0.2, 0.25) is 5.02 Å². The average molecular weight is 987 g/mol. The summed E-state index contributed by atoms with van der Waals surface area (Å²) in [6.07, 6.45) is 5.91. The summed E-state index contributed by atoms with van der Waals surface area (Å²) in [4.78, 5) is 71.2. The molecule has 1 aliphatic heterocycles. The van der Waals surface area contributed by atoms with Gasteiger partial charge < -0.3 is 45.6 Å². The average Bonchev–Trinajstić information content (AvgIpc) is 3.92. The minimum absolute atomic E-state index is 0.00787. The third-order valence-electron chi connectivity index (χ3n) is 11.3. The molecule has 2 aromatic heterocycles. The van der Waals surface area contributed by atoms with Gasteiger partial charge in [-0.1, -0.05) is 69.1 Å². The Bertz CT molecular complexity index is 2610. The van der Waals surface area contributed by atoms with E-state index in [1.807, 2.05) is 76.5 Å². The fourth-order valence-corrected chi connectivity index (χ4v) is 8.64. The Morgan fingerprint density at radius 3 is 2.51 bits per heavy atom. The molecule has 16 nitrogen and oxygen atoms in total. The van der Waals surface area contributed by atoms with E-state index in [2.05, 4.69) is 36.2 Å². The summed E-state index contributed by atoms with van der Waals surface area (Å²) < 4.78 is 25.8. The van der Waals surface area contributed by atoms with Gasteiger partial charge in [0, 0.05) is 62.3 Å². The van der Waals surface area contributed by atoms with Gasteiger partial charge in [-0.25, -0.2) is 19.3 Å². The largest absolute Gasteiger partial charge is 0.489 e. The van der Waals surface area contributed by atoms with Crippen LogP contribution in [-0.4, -0.2) is 119 Å². The van der Waals surface area contributed by atoms with Crippen LogP contribution in [0.3, 0.4) is 0 Å². The van der Waals surface area contributed by atoms with Gasteiger partial charge in [0.05, 0.1) is 45.0 Å². The number of fused-ring (bicyclic) bond motifs is 1. The van der Waals surface area contributed by atoms with E-state index in [4.69, 9.17) is 21.1 Å². The van der Waals surface area contributed by atoms with E-state index in [1.165, 1.54) is 35.5 Å². The maximum absolute atomic E-state index is 14.1. The number of likely N-dealkylation sites (tertiary alicyclic amines) is 1. The van der Waals surface area contributed by atoms with Crippen LogP contribution < -0.4 is 26.0 Å². The number of hydrogen-bond donors (Lipinski definition) is 5. The summed E-state index contributed by atoms with van der Waals surface area (Å²) in [6.45, 7) is 9.18. The van der Waals surface area contributed by atoms with Crippen LogP contribution in [0, 0.1) is 18.2 Å². The van der Waals surface area contributed by atoms with Gasteiger partial charge >= 0.3 is 0 Å². The lowest BCUT2D eigenvalue weighted by Crippen LogP contribution is -2.57. The Labute approximate surface area is 411 Å². The van der Waals surface area contributed by atoms with Crippen LogP contribution in [0.4, 0.5) is 21.6 Å². The van der Waals surface area contributed by atoms with E-state index in [9.17, 15) is 28.7 Å². The number of aliphatic hydroxyl groups excluding tert-OH is 1. The van der Waals surface area contributed by atoms with Crippen molar-refractivity contribution in [1.82, 2.24) is 35.4 Å². The third kappa shape index (κ3) is 15.0. The molecule has 5 N–H and O–H groups in total. The van der Waals surface area contributed by atoms with Crippen molar-refractivity contribution in [2.75, 3.05) is 57.6 Å². The molecule has 1 saturated heterocycles. The predicted molar refractivity (Wildman–Crippen MR) is 267 cm³/mol. The van der Waals surface area contributed by atoms with Crippen LogP contribution in [-0.2, 0) is 30.5 Å². The molecule has 0 unspecified atom stereocenters. The topological polar surface area (TPSA) is 200 Å². The summed E-state index contributed by atoms with van der Waals surface area (Å²) in [6, 6.07) is 13.7. The summed E-state index contributed by atoms with van der Waals surface area (Å²) in [5.41, 5.74) is 5.45. The monoisotopic (exact) mass is 985 g/mol. The number of halogens is 2. The number of β-amino-alcohol motifs (C(OH)–C–C–N with tert-alkyl or cyclic N) is 1. The SMILES string of the molecule is Cc1ncsc1-c1ccc(CNC(=O)[C@@H]2C[C@@H](O)CN2C(=O)[C@@H](NC(=O)CCCCCOCCOc2cc3ncnc(Nc4ccc(F)c(Cl)c4)c3cc2NC(=O)/C=C/CN(C)C)C(C)(C)C)cc1. The van der Waals surface area contributed by atoms with E-state index in [0.717, 1.165) is 21.7 Å². The molecule has 0 aliphatic carbocycles. The molecule has 1 aliphatic rings. The molecule has 4 amide bonds. The Balaban J connectivity index is 0.955. The Kier molecular flexibility index (Phi) is 18.6. The van der Waals surface area contributed by atoms with Gasteiger partial charge in [-0.3, -0.25) is 19.2 Å².